The van der Waals surface area contributed by atoms with E-state index >= 15 is 0 Å². The molecule has 6 nitrogen and oxygen atoms in total. The van der Waals surface area contributed by atoms with Gasteiger partial charge in [0.15, 0.2) is 0 Å². The quantitative estimate of drug-likeness (QED) is 0.906. The molecule has 0 unspecified atom stereocenters. The van der Waals surface area contributed by atoms with Gasteiger partial charge in [-0.3, -0.25) is 14.4 Å². The van der Waals surface area contributed by atoms with Gasteiger partial charge in [0.2, 0.25) is 0 Å². The molecule has 0 saturated heterocycles. The summed E-state index contributed by atoms with van der Waals surface area (Å²) in [7, 11) is 1.69. The Balaban J connectivity index is 1.88. The first-order valence-electron chi connectivity index (χ1n) is 8.07. The number of hydrogen-bond donors (Lipinski definition) is 1. The van der Waals surface area contributed by atoms with E-state index in [4.69, 9.17) is 0 Å². The molecule has 0 saturated carbocycles. The van der Waals surface area contributed by atoms with E-state index in [1.807, 2.05) is 13.8 Å². The number of carbonyl (C=O) groups excluding carboxylic acids is 1. The molecule has 1 aliphatic rings. The third-order valence-electron chi connectivity index (χ3n) is 4.49. The molecule has 1 aliphatic heterocycles. The summed E-state index contributed by atoms with van der Waals surface area (Å²) >= 11 is 0. The molecule has 1 N–H and O–H groups in total. The van der Waals surface area contributed by atoms with Crippen LogP contribution in [0, 0.1) is 0 Å². The highest BCUT2D eigenvalue weighted by Gasteiger charge is 2.24. The van der Waals surface area contributed by atoms with Gasteiger partial charge in [-0.25, -0.2) is 0 Å². The molecule has 0 bridgehead atoms. The Morgan fingerprint density at radius 3 is 2.62 bits per heavy atom. The second-order valence-electron chi connectivity index (χ2n) is 6.56. The topological polar surface area (TPSA) is 75.2 Å². The SMILES string of the molecule is CC(C)c1ccc(C(=O)N2CCc3cc(=O)n(C)cc3C2)c(=O)[nH]1. The molecular weight excluding hydrogens is 306 g/mol. The number of hydrogen-bond acceptors (Lipinski definition) is 3. The van der Waals surface area contributed by atoms with Crippen molar-refractivity contribution in [2.45, 2.75) is 32.7 Å². The Morgan fingerprint density at radius 2 is 1.96 bits per heavy atom. The molecule has 6 heteroatoms. The second-order valence-corrected chi connectivity index (χ2v) is 6.56. The minimum atomic E-state index is -0.350. The standard InChI is InChI=1S/C18H21N3O3/c1-11(2)15-5-4-14(17(23)19-15)18(24)21-7-6-12-8-16(22)20(3)9-13(12)10-21/h4-5,8-9,11H,6-7,10H2,1-3H3,(H,19,23). The normalized spacial score (nSPS) is 13.9. The minimum absolute atomic E-state index is 0.0470. The van der Waals surface area contributed by atoms with Crippen LogP contribution in [0.15, 0.2) is 34.0 Å². The van der Waals surface area contributed by atoms with Crippen LogP contribution in [0.3, 0.4) is 0 Å². The third-order valence-corrected chi connectivity index (χ3v) is 4.49. The Bertz CT molecular complexity index is 908. The van der Waals surface area contributed by atoms with Crippen molar-refractivity contribution in [2.75, 3.05) is 6.54 Å². The predicted octanol–water partition coefficient (Wildman–Crippen LogP) is 1.40. The van der Waals surface area contributed by atoms with Crippen LogP contribution in [0.4, 0.5) is 0 Å². The summed E-state index contributed by atoms with van der Waals surface area (Å²) in [5, 5.41) is 0. The van der Waals surface area contributed by atoms with Crippen LogP contribution in [-0.4, -0.2) is 26.9 Å². The number of nitrogens with zero attached hydrogens (tertiary/aromatic N) is 2. The molecule has 2 aromatic rings. The molecule has 0 fully saturated rings. The summed E-state index contributed by atoms with van der Waals surface area (Å²) in [6.45, 7) is 4.88. The van der Waals surface area contributed by atoms with Crippen molar-refractivity contribution >= 4 is 5.91 Å². The average molecular weight is 327 g/mol. The molecule has 24 heavy (non-hydrogen) atoms. The number of rotatable bonds is 2. The number of aryl methyl sites for hydroxylation is 1. The highest BCUT2D eigenvalue weighted by atomic mass is 16.2. The van der Waals surface area contributed by atoms with Crippen molar-refractivity contribution in [3.05, 3.63) is 67.5 Å². The largest absolute Gasteiger partial charge is 0.334 e. The van der Waals surface area contributed by atoms with Gasteiger partial charge in [0.25, 0.3) is 17.0 Å². The van der Waals surface area contributed by atoms with E-state index < -0.39 is 0 Å². The lowest BCUT2D eigenvalue weighted by molar-refractivity contribution is 0.0732. The van der Waals surface area contributed by atoms with Gasteiger partial charge < -0.3 is 14.5 Å². The fourth-order valence-electron chi connectivity index (χ4n) is 2.98. The first-order valence-corrected chi connectivity index (χ1v) is 8.07. The Morgan fingerprint density at radius 1 is 1.21 bits per heavy atom. The van der Waals surface area contributed by atoms with Crippen LogP contribution in [0.2, 0.25) is 0 Å². The van der Waals surface area contributed by atoms with Gasteiger partial charge in [-0.15, -0.1) is 0 Å². The molecule has 1 amide bonds. The van der Waals surface area contributed by atoms with Gasteiger partial charge in [0, 0.05) is 38.1 Å². The zero-order chi connectivity index (χ0) is 17.4. The number of amides is 1. The number of nitrogens with one attached hydrogen (secondary N) is 1. The Hall–Kier alpha value is -2.63. The number of carbonyl (C=O) groups is 1. The van der Waals surface area contributed by atoms with Gasteiger partial charge in [-0.1, -0.05) is 13.8 Å². The number of aromatic nitrogens is 2. The molecule has 0 aliphatic carbocycles. The van der Waals surface area contributed by atoms with E-state index in [1.54, 1.807) is 36.3 Å². The van der Waals surface area contributed by atoms with Crippen molar-refractivity contribution < 1.29 is 4.79 Å². The molecule has 3 rings (SSSR count). The predicted molar refractivity (Wildman–Crippen MR) is 91.3 cm³/mol. The van der Waals surface area contributed by atoms with E-state index in [0.717, 1.165) is 16.8 Å². The van der Waals surface area contributed by atoms with Crippen molar-refractivity contribution in [2.24, 2.45) is 7.05 Å². The van der Waals surface area contributed by atoms with Crippen LogP contribution < -0.4 is 11.1 Å². The highest BCUT2D eigenvalue weighted by Crippen LogP contribution is 2.18. The van der Waals surface area contributed by atoms with Crippen molar-refractivity contribution in [1.82, 2.24) is 14.5 Å². The van der Waals surface area contributed by atoms with Crippen LogP contribution in [0.25, 0.3) is 0 Å². The lowest BCUT2D eigenvalue weighted by atomic mass is 10.0. The maximum atomic E-state index is 12.7. The van der Waals surface area contributed by atoms with E-state index in [-0.39, 0.29) is 28.5 Å². The summed E-state index contributed by atoms with van der Waals surface area (Å²) in [6.07, 6.45) is 2.39. The fraction of sp³-hybridized carbons (Fsp3) is 0.389. The summed E-state index contributed by atoms with van der Waals surface area (Å²) in [5.74, 6) is -0.0731. The smallest absolute Gasteiger partial charge is 0.261 e. The van der Waals surface area contributed by atoms with Crippen LogP contribution in [-0.2, 0) is 20.0 Å². The third kappa shape index (κ3) is 2.91. The number of pyridine rings is 2. The van der Waals surface area contributed by atoms with Crippen molar-refractivity contribution in [3.8, 4) is 0 Å². The van der Waals surface area contributed by atoms with Gasteiger partial charge >= 0.3 is 0 Å². The first kappa shape index (κ1) is 16.2. The Kier molecular flexibility index (Phi) is 4.13. The lowest BCUT2D eigenvalue weighted by Crippen LogP contribution is -2.39. The maximum absolute atomic E-state index is 12.7. The fourth-order valence-corrected chi connectivity index (χ4v) is 2.98. The van der Waals surface area contributed by atoms with Crippen LogP contribution >= 0.6 is 0 Å². The van der Waals surface area contributed by atoms with Crippen LogP contribution in [0.5, 0.6) is 0 Å². The molecule has 0 atom stereocenters. The van der Waals surface area contributed by atoms with Crippen molar-refractivity contribution in [1.29, 1.82) is 0 Å². The van der Waals surface area contributed by atoms with Gasteiger partial charge in [0.05, 0.1) is 0 Å². The maximum Gasteiger partial charge on any atom is 0.261 e. The van der Waals surface area contributed by atoms with Gasteiger partial charge in [0.1, 0.15) is 5.56 Å². The van der Waals surface area contributed by atoms with Gasteiger partial charge in [-0.2, -0.15) is 0 Å². The lowest BCUT2D eigenvalue weighted by Gasteiger charge is -2.29. The molecule has 3 heterocycles. The van der Waals surface area contributed by atoms with E-state index in [9.17, 15) is 14.4 Å². The Labute approximate surface area is 139 Å². The second kappa shape index (κ2) is 6.11. The zero-order valence-corrected chi connectivity index (χ0v) is 14.1. The monoisotopic (exact) mass is 327 g/mol. The van der Waals surface area contributed by atoms with Crippen molar-refractivity contribution in [3.63, 3.8) is 0 Å². The summed E-state index contributed by atoms with van der Waals surface area (Å²) in [6, 6.07) is 5.02. The molecule has 0 aromatic carbocycles. The zero-order valence-electron chi connectivity index (χ0n) is 14.1. The van der Waals surface area contributed by atoms with Crippen LogP contribution in [0.1, 0.15) is 46.9 Å². The summed E-state index contributed by atoms with van der Waals surface area (Å²) in [4.78, 5) is 41.1. The highest BCUT2D eigenvalue weighted by molar-refractivity contribution is 5.94. The first-order chi connectivity index (χ1) is 11.4. The molecule has 126 valence electrons. The molecular formula is C18H21N3O3. The summed E-state index contributed by atoms with van der Waals surface area (Å²) < 4.78 is 1.51. The number of aromatic amines is 1. The number of H-pyrrole nitrogens is 1. The van der Waals surface area contributed by atoms with E-state index in [0.29, 0.717) is 19.5 Å². The molecule has 0 radical (unpaired) electrons. The van der Waals surface area contributed by atoms with E-state index in [1.165, 1.54) is 4.57 Å². The summed E-state index contributed by atoms with van der Waals surface area (Å²) in [5.41, 5.74) is 2.51. The minimum Gasteiger partial charge on any atom is -0.334 e. The van der Waals surface area contributed by atoms with E-state index in [2.05, 4.69) is 4.98 Å². The number of fused-ring (bicyclic) bond motifs is 1. The average Bonchev–Trinajstić information content (AvgIpc) is 2.54. The molecule has 2 aromatic heterocycles. The molecule has 0 spiro atoms. The van der Waals surface area contributed by atoms with Gasteiger partial charge in [-0.05, 0) is 35.6 Å².